The Hall–Kier alpha value is -3.13. The molecule has 1 aliphatic rings. The van der Waals surface area contributed by atoms with Crippen LogP contribution in [0.1, 0.15) is 29.8 Å². The van der Waals surface area contributed by atoms with E-state index in [1.54, 1.807) is 26.0 Å². The van der Waals surface area contributed by atoms with Gasteiger partial charge in [-0.1, -0.05) is 12.1 Å². The molecule has 2 heterocycles. The molecule has 0 radical (unpaired) electrons. The highest BCUT2D eigenvalue weighted by Crippen LogP contribution is 2.22. The molecule has 1 saturated heterocycles. The van der Waals surface area contributed by atoms with Crippen molar-refractivity contribution in [1.82, 2.24) is 10.6 Å². The summed E-state index contributed by atoms with van der Waals surface area (Å²) >= 11 is 0. The molecule has 1 aromatic heterocycles. The summed E-state index contributed by atoms with van der Waals surface area (Å²) < 4.78 is 10.3. The van der Waals surface area contributed by atoms with Gasteiger partial charge in [0, 0.05) is 6.42 Å². The first-order valence-electron chi connectivity index (χ1n) is 8.87. The molecule has 0 aliphatic carbocycles. The highest BCUT2D eigenvalue weighted by atomic mass is 16.5. The Morgan fingerprint density at radius 1 is 1.29 bits per heavy atom. The highest BCUT2D eigenvalue weighted by molar-refractivity contribution is 6.00. The van der Waals surface area contributed by atoms with Crippen LogP contribution in [0.15, 0.2) is 47.3 Å². The van der Waals surface area contributed by atoms with Gasteiger partial charge in [-0.05, 0) is 37.6 Å². The molecule has 3 atom stereocenters. The van der Waals surface area contributed by atoms with E-state index in [1.807, 2.05) is 0 Å². The minimum Gasteiger partial charge on any atom is -0.508 e. The van der Waals surface area contributed by atoms with E-state index in [4.69, 9.17) is 9.15 Å². The van der Waals surface area contributed by atoms with Crippen LogP contribution in [0.5, 0.6) is 5.75 Å². The van der Waals surface area contributed by atoms with E-state index < -0.39 is 29.5 Å². The fraction of sp³-hybridized carbons (Fsp3) is 0.350. The van der Waals surface area contributed by atoms with Crippen LogP contribution < -0.4 is 10.6 Å². The molecule has 28 heavy (non-hydrogen) atoms. The van der Waals surface area contributed by atoms with Crippen molar-refractivity contribution in [3.05, 3.63) is 54.0 Å². The molecular weight excluding hydrogens is 364 g/mol. The van der Waals surface area contributed by atoms with Crippen molar-refractivity contribution in [2.24, 2.45) is 0 Å². The highest BCUT2D eigenvalue weighted by Gasteiger charge is 2.47. The zero-order valence-electron chi connectivity index (χ0n) is 15.6. The summed E-state index contributed by atoms with van der Waals surface area (Å²) in [4.78, 5) is 37.6. The van der Waals surface area contributed by atoms with Crippen molar-refractivity contribution in [3.8, 4) is 5.75 Å². The van der Waals surface area contributed by atoms with Crippen molar-refractivity contribution in [2.75, 3.05) is 6.61 Å². The number of hydrogen-bond acceptors (Lipinski definition) is 6. The van der Waals surface area contributed by atoms with E-state index in [0.29, 0.717) is 0 Å². The summed E-state index contributed by atoms with van der Waals surface area (Å²) in [6.07, 6.45) is 2.33. The van der Waals surface area contributed by atoms with Crippen LogP contribution in [0.3, 0.4) is 0 Å². The van der Waals surface area contributed by atoms with Gasteiger partial charge in [0.25, 0.3) is 5.91 Å². The number of ketones is 1. The number of hydrogen-bond donors (Lipinski definition) is 3. The lowest BCUT2D eigenvalue weighted by atomic mass is 9.92. The van der Waals surface area contributed by atoms with Gasteiger partial charge >= 0.3 is 0 Å². The summed E-state index contributed by atoms with van der Waals surface area (Å²) in [6.45, 7) is 3.26. The summed E-state index contributed by atoms with van der Waals surface area (Å²) in [5, 5.41) is 14.9. The van der Waals surface area contributed by atoms with Gasteiger partial charge in [-0.2, -0.15) is 0 Å². The fourth-order valence-corrected chi connectivity index (χ4v) is 2.97. The van der Waals surface area contributed by atoms with Crippen molar-refractivity contribution >= 4 is 17.6 Å². The molecule has 0 unspecified atom stereocenters. The molecular formula is C20H22N2O6. The third kappa shape index (κ3) is 4.07. The summed E-state index contributed by atoms with van der Waals surface area (Å²) in [7, 11) is 0. The van der Waals surface area contributed by atoms with E-state index >= 15 is 0 Å². The van der Waals surface area contributed by atoms with E-state index in [9.17, 15) is 19.5 Å². The van der Waals surface area contributed by atoms with E-state index in [-0.39, 0.29) is 30.1 Å². The Morgan fingerprint density at radius 3 is 2.57 bits per heavy atom. The number of carbonyl (C=O) groups is 3. The number of benzene rings is 1. The molecule has 0 bridgehead atoms. The molecule has 2 amide bonds. The molecule has 148 valence electrons. The predicted molar refractivity (Wildman–Crippen MR) is 98.7 cm³/mol. The number of Topliss-reactive ketones (excluding diaryl/α,β-unsaturated/α-hetero) is 1. The first-order chi connectivity index (χ1) is 13.3. The number of furan rings is 1. The van der Waals surface area contributed by atoms with Gasteiger partial charge in [-0.3, -0.25) is 14.4 Å². The number of aromatic hydroxyl groups is 1. The maximum atomic E-state index is 13.0. The minimum atomic E-state index is -1.16. The normalized spacial score (nSPS) is 22.6. The molecule has 3 rings (SSSR count). The van der Waals surface area contributed by atoms with Crippen LogP contribution in [0, 0.1) is 0 Å². The second-order valence-corrected chi connectivity index (χ2v) is 6.98. The number of nitrogens with one attached hydrogen (secondary N) is 2. The molecule has 8 heteroatoms. The maximum Gasteiger partial charge on any atom is 0.255 e. The van der Waals surface area contributed by atoms with Crippen LogP contribution in [-0.4, -0.2) is 47.0 Å². The number of phenolic OH excluding ortho intramolecular Hbond substituents is 1. The molecule has 8 nitrogen and oxygen atoms in total. The molecule has 0 spiro atoms. The van der Waals surface area contributed by atoms with Gasteiger partial charge in [0.2, 0.25) is 5.91 Å². The van der Waals surface area contributed by atoms with Crippen LogP contribution in [-0.2, 0) is 20.7 Å². The quantitative estimate of drug-likeness (QED) is 0.686. The van der Waals surface area contributed by atoms with Crippen LogP contribution in [0.2, 0.25) is 0 Å². The Kier molecular flexibility index (Phi) is 5.51. The fourth-order valence-electron chi connectivity index (χ4n) is 2.97. The summed E-state index contributed by atoms with van der Waals surface area (Å²) in [5.74, 6) is -1.10. The van der Waals surface area contributed by atoms with Gasteiger partial charge in [0.05, 0.1) is 17.9 Å². The van der Waals surface area contributed by atoms with Gasteiger partial charge in [-0.25, -0.2) is 0 Å². The first kappa shape index (κ1) is 19.6. The Balaban J connectivity index is 1.80. The number of rotatable bonds is 6. The minimum absolute atomic E-state index is 0.0675. The van der Waals surface area contributed by atoms with Crippen molar-refractivity contribution < 1.29 is 28.6 Å². The lowest BCUT2D eigenvalue weighted by Gasteiger charge is -2.29. The Morgan fingerprint density at radius 2 is 2.00 bits per heavy atom. The average Bonchev–Trinajstić information content (AvgIpc) is 3.28. The Bertz CT molecular complexity index is 861. The number of amides is 2. The monoisotopic (exact) mass is 386 g/mol. The average molecular weight is 386 g/mol. The van der Waals surface area contributed by atoms with E-state index in [1.165, 1.54) is 30.7 Å². The van der Waals surface area contributed by atoms with E-state index in [2.05, 4.69) is 10.6 Å². The number of phenols is 1. The standard InChI is InChI=1S/C20H22N2O6/c1-12-20(2,17(24)11-28-12)22-19(26)16(9-13-3-5-15(23)6-4-13)21-18(25)14-7-8-27-10-14/h3-8,10,12,16,23H,9,11H2,1-2H3,(H,21,25)(H,22,26)/t12-,16-,20-/m1/s1. The topological polar surface area (TPSA) is 118 Å². The number of carbonyl (C=O) groups excluding carboxylic acids is 3. The van der Waals surface area contributed by atoms with Crippen LogP contribution in [0.4, 0.5) is 0 Å². The SMILES string of the molecule is C[C@H]1OCC(=O)[C@]1(C)NC(=O)[C@@H](Cc1ccc(O)cc1)NC(=O)c1ccoc1. The molecule has 2 aromatic rings. The van der Waals surface area contributed by atoms with Crippen molar-refractivity contribution in [3.63, 3.8) is 0 Å². The zero-order valence-corrected chi connectivity index (χ0v) is 15.6. The lowest BCUT2D eigenvalue weighted by Crippen LogP contribution is -2.60. The molecule has 1 aromatic carbocycles. The van der Waals surface area contributed by atoms with Crippen molar-refractivity contribution in [2.45, 2.75) is 38.0 Å². The van der Waals surface area contributed by atoms with Crippen LogP contribution >= 0.6 is 0 Å². The predicted octanol–water partition coefficient (Wildman–Crippen LogP) is 1.19. The first-order valence-corrected chi connectivity index (χ1v) is 8.87. The molecule has 1 fully saturated rings. The summed E-state index contributed by atoms with van der Waals surface area (Å²) in [5.41, 5.74) is -0.147. The van der Waals surface area contributed by atoms with Gasteiger partial charge in [-0.15, -0.1) is 0 Å². The second-order valence-electron chi connectivity index (χ2n) is 6.98. The van der Waals surface area contributed by atoms with E-state index in [0.717, 1.165) is 5.56 Å². The zero-order chi connectivity index (χ0) is 20.3. The Labute approximate surface area is 161 Å². The smallest absolute Gasteiger partial charge is 0.255 e. The molecule has 1 aliphatic heterocycles. The summed E-state index contributed by atoms with van der Waals surface area (Å²) in [6, 6.07) is 6.87. The molecule has 0 saturated carbocycles. The largest absolute Gasteiger partial charge is 0.508 e. The van der Waals surface area contributed by atoms with Gasteiger partial charge < -0.3 is 24.9 Å². The van der Waals surface area contributed by atoms with Gasteiger partial charge in [0.1, 0.15) is 30.2 Å². The van der Waals surface area contributed by atoms with Crippen molar-refractivity contribution in [1.29, 1.82) is 0 Å². The van der Waals surface area contributed by atoms with Crippen LogP contribution in [0.25, 0.3) is 0 Å². The molecule has 3 N–H and O–H groups in total. The van der Waals surface area contributed by atoms with Gasteiger partial charge in [0.15, 0.2) is 5.78 Å². The lowest BCUT2D eigenvalue weighted by molar-refractivity contribution is -0.130. The third-order valence-electron chi connectivity index (χ3n) is 5.02. The maximum absolute atomic E-state index is 13.0. The third-order valence-corrected chi connectivity index (χ3v) is 5.02. The number of ether oxygens (including phenoxy) is 1. The second kappa shape index (κ2) is 7.85.